The molecule has 0 bridgehead atoms. The number of pyridine rings is 1. The second kappa shape index (κ2) is 4.85. The molecule has 1 fully saturated rings. The molecule has 1 aromatic rings. The van der Waals surface area contributed by atoms with E-state index in [1.807, 2.05) is 0 Å². The number of sulfone groups is 1. The van der Waals surface area contributed by atoms with Gasteiger partial charge in [-0.05, 0) is 22.0 Å². The Hall–Kier alpha value is -1.15. The van der Waals surface area contributed by atoms with Gasteiger partial charge in [0.25, 0.3) is 0 Å². The predicted octanol–water partition coefficient (Wildman–Crippen LogP) is 0.777. The molecule has 6 nitrogen and oxygen atoms in total. The Labute approximate surface area is 113 Å². The molecule has 0 amide bonds. The van der Waals surface area contributed by atoms with E-state index in [4.69, 9.17) is 5.11 Å². The highest BCUT2D eigenvalue weighted by atomic mass is 79.9. The van der Waals surface area contributed by atoms with Gasteiger partial charge in [-0.2, -0.15) is 0 Å². The van der Waals surface area contributed by atoms with E-state index in [-0.39, 0.29) is 30.2 Å². The number of hydrogen-bond acceptors (Lipinski definition) is 5. The average Bonchev–Trinajstić information content (AvgIpc) is 2.29. The van der Waals surface area contributed by atoms with Crippen LogP contribution in [0.5, 0.6) is 0 Å². The lowest BCUT2D eigenvalue weighted by Gasteiger charge is -2.28. The van der Waals surface area contributed by atoms with Crippen molar-refractivity contribution in [3.05, 3.63) is 22.3 Å². The average molecular weight is 335 g/mol. The lowest BCUT2D eigenvalue weighted by atomic mass is 10.2. The van der Waals surface area contributed by atoms with Crippen LogP contribution in [0.1, 0.15) is 10.4 Å². The molecule has 0 aromatic carbocycles. The molecular weight excluding hydrogens is 324 g/mol. The second-order valence-corrected chi connectivity index (χ2v) is 7.19. The quantitative estimate of drug-likeness (QED) is 0.859. The van der Waals surface area contributed by atoms with E-state index >= 15 is 0 Å². The van der Waals surface area contributed by atoms with E-state index in [9.17, 15) is 13.2 Å². The first kappa shape index (κ1) is 13.3. The molecular formula is C10H11BrN2O4S. The largest absolute Gasteiger partial charge is 0.478 e. The van der Waals surface area contributed by atoms with Crippen molar-refractivity contribution in [2.75, 3.05) is 29.5 Å². The van der Waals surface area contributed by atoms with Crippen molar-refractivity contribution in [1.82, 2.24) is 4.98 Å². The first-order valence-corrected chi connectivity index (χ1v) is 7.85. The van der Waals surface area contributed by atoms with Crippen LogP contribution in [0.3, 0.4) is 0 Å². The summed E-state index contributed by atoms with van der Waals surface area (Å²) in [6.07, 6.45) is 1.50. The summed E-state index contributed by atoms with van der Waals surface area (Å²) in [5.41, 5.74) is 0.0728. The number of carboxylic acids is 1. The molecule has 0 unspecified atom stereocenters. The van der Waals surface area contributed by atoms with Gasteiger partial charge in [0, 0.05) is 23.8 Å². The van der Waals surface area contributed by atoms with Gasteiger partial charge in [0.15, 0.2) is 9.84 Å². The highest BCUT2D eigenvalue weighted by Crippen LogP contribution is 2.23. The maximum Gasteiger partial charge on any atom is 0.339 e. The normalized spacial score (nSPS) is 18.6. The molecule has 1 N–H and O–H groups in total. The monoisotopic (exact) mass is 334 g/mol. The molecule has 2 heterocycles. The molecule has 98 valence electrons. The van der Waals surface area contributed by atoms with E-state index in [0.29, 0.717) is 10.3 Å². The molecule has 18 heavy (non-hydrogen) atoms. The summed E-state index contributed by atoms with van der Waals surface area (Å²) in [7, 11) is -2.99. The van der Waals surface area contributed by atoms with Gasteiger partial charge in [-0.15, -0.1) is 0 Å². The smallest absolute Gasteiger partial charge is 0.339 e. The zero-order chi connectivity index (χ0) is 13.3. The summed E-state index contributed by atoms with van der Waals surface area (Å²) in [6, 6.07) is 1.47. The molecule has 0 spiro atoms. The summed E-state index contributed by atoms with van der Waals surface area (Å²) < 4.78 is 23.2. The van der Waals surface area contributed by atoms with Gasteiger partial charge in [-0.1, -0.05) is 0 Å². The number of nitrogens with zero attached hydrogens (tertiary/aromatic N) is 2. The molecule has 1 aromatic heterocycles. The van der Waals surface area contributed by atoms with Gasteiger partial charge in [0.05, 0.1) is 11.5 Å². The molecule has 8 heteroatoms. The third-order valence-corrected chi connectivity index (χ3v) is 4.75. The van der Waals surface area contributed by atoms with E-state index < -0.39 is 15.8 Å². The Bertz CT molecular complexity index is 574. The summed E-state index contributed by atoms with van der Waals surface area (Å²) >= 11 is 3.17. The van der Waals surface area contributed by atoms with E-state index in [0.717, 1.165) is 0 Å². The van der Waals surface area contributed by atoms with Crippen molar-refractivity contribution < 1.29 is 18.3 Å². The number of anilines is 1. The number of carboxylic acid groups (broad SMARTS) is 1. The second-order valence-electron chi connectivity index (χ2n) is 3.97. The Kier molecular flexibility index (Phi) is 3.58. The first-order valence-electron chi connectivity index (χ1n) is 5.23. The fraction of sp³-hybridized carbons (Fsp3) is 0.400. The lowest BCUT2D eigenvalue weighted by Crippen LogP contribution is -2.41. The molecule has 1 saturated heterocycles. The Morgan fingerprint density at radius 3 is 2.56 bits per heavy atom. The summed E-state index contributed by atoms with van der Waals surface area (Å²) in [5, 5.41) is 9.12. The minimum absolute atomic E-state index is 0.0316. The van der Waals surface area contributed by atoms with Crippen LogP contribution in [0.2, 0.25) is 0 Å². The number of hydrogen-bond donors (Lipinski definition) is 1. The van der Waals surface area contributed by atoms with Crippen LogP contribution >= 0.6 is 15.9 Å². The zero-order valence-electron chi connectivity index (χ0n) is 9.34. The van der Waals surface area contributed by atoms with Crippen LogP contribution in [0.4, 0.5) is 5.82 Å². The van der Waals surface area contributed by atoms with Crippen molar-refractivity contribution in [3.63, 3.8) is 0 Å². The molecule has 0 atom stereocenters. The number of rotatable bonds is 2. The molecule has 0 saturated carbocycles. The molecule has 1 aliphatic rings. The standard InChI is InChI=1S/C10H11BrN2O4S/c11-7-5-8(10(14)15)9(12-6-7)13-1-3-18(16,17)4-2-13/h5-6H,1-4H2,(H,14,15). The number of aromatic carboxylic acids is 1. The Balaban J connectivity index is 2.32. The van der Waals surface area contributed by atoms with Gasteiger partial charge >= 0.3 is 5.97 Å². The van der Waals surface area contributed by atoms with Crippen molar-refractivity contribution in [3.8, 4) is 0 Å². The van der Waals surface area contributed by atoms with Crippen LogP contribution in [0, 0.1) is 0 Å². The van der Waals surface area contributed by atoms with Crippen molar-refractivity contribution in [2.24, 2.45) is 0 Å². The van der Waals surface area contributed by atoms with Gasteiger partial charge in [-0.25, -0.2) is 18.2 Å². The molecule has 0 radical (unpaired) electrons. The van der Waals surface area contributed by atoms with Crippen molar-refractivity contribution in [1.29, 1.82) is 0 Å². The number of halogens is 1. The lowest BCUT2D eigenvalue weighted by molar-refractivity contribution is 0.0697. The minimum atomic E-state index is -2.99. The van der Waals surface area contributed by atoms with Crippen LogP contribution in [-0.2, 0) is 9.84 Å². The SMILES string of the molecule is O=C(O)c1cc(Br)cnc1N1CCS(=O)(=O)CC1. The Morgan fingerprint density at radius 1 is 1.39 bits per heavy atom. The van der Waals surface area contributed by atoms with Gasteiger partial charge in [-0.3, -0.25) is 0 Å². The predicted molar refractivity (Wildman–Crippen MR) is 69.8 cm³/mol. The first-order chi connectivity index (χ1) is 8.39. The number of carbonyl (C=O) groups is 1. The third kappa shape index (κ3) is 2.81. The zero-order valence-corrected chi connectivity index (χ0v) is 11.7. The summed E-state index contributed by atoms with van der Waals surface area (Å²) in [6.45, 7) is 0.550. The van der Waals surface area contributed by atoms with Gasteiger partial charge in [0.2, 0.25) is 0 Å². The van der Waals surface area contributed by atoms with E-state index in [1.54, 1.807) is 4.90 Å². The molecule has 1 aliphatic heterocycles. The van der Waals surface area contributed by atoms with Crippen LogP contribution in [0.25, 0.3) is 0 Å². The maximum absolute atomic E-state index is 11.3. The van der Waals surface area contributed by atoms with Gasteiger partial charge < -0.3 is 10.0 Å². The minimum Gasteiger partial charge on any atom is -0.478 e. The highest BCUT2D eigenvalue weighted by molar-refractivity contribution is 9.10. The molecule has 0 aliphatic carbocycles. The van der Waals surface area contributed by atoms with E-state index in [1.165, 1.54) is 12.3 Å². The van der Waals surface area contributed by atoms with Crippen LogP contribution in [0.15, 0.2) is 16.7 Å². The van der Waals surface area contributed by atoms with Crippen LogP contribution < -0.4 is 4.90 Å². The highest BCUT2D eigenvalue weighted by Gasteiger charge is 2.25. The summed E-state index contributed by atoms with van der Waals surface area (Å²) in [4.78, 5) is 16.9. The fourth-order valence-corrected chi connectivity index (χ4v) is 3.30. The topological polar surface area (TPSA) is 87.6 Å². The number of aromatic nitrogens is 1. The van der Waals surface area contributed by atoms with E-state index in [2.05, 4.69) is 20.9 Å². The van der Waals surface area contributed by atoms with Crippen LogP contribution in [-0.4, -0.2) is 49.1 Å². The van der Waals surface area contributed by atoms with Crippen molar-refractivity contribution in [2.45, 2.75) is 0 Å². The van der Waals surface area contributed by atoms with Crippen molar-refractivity contribution >= 4 is 37.6 Å². The maximum atomic E-state index is 11.3. The third-order valence-electron chi connectivity index (χ3n) is 2.71. The fourth-order valence-electron chi connectivity index (χ4n) is 1.77. The molecule has 2 rings (SSSR count). The Morgan fingerprint density at radius 2 is 2.00 bits per heavy atom. The summed E-state index contributed by atoms with van der Waals surface area (Å²) in [5.74, 6) is -0.694. The van der Waals surface area contributed by atoms with Gasteiger partial charge in [0.1, 0.15) is 11.4 Å².